The highest BCUT2D eigenvalue weighted by Gasteiger charge is 2.27. The summed E-state index contributed by atoms with van der Waals surface area (Å²) < 4.78 is 5.34. The normalized spacial score (nSPS) is 13.9. The number of anilines is 2. The van der Waals surface area contributed by atoms with E-state index in [0.29, 0.717) is 29.6 Å². The number of ether oxygens (including phenoxy) is 1. The van der Waals surface area contributed by atoms with E-state index in [9.17, 15) is 9.59 Å². The van der Waals surface area contributed by atoms with Crippen molar-refractivity contribution in [3.63, 3.8) is 0 Å². The van der Waals surface area contributed by atoms with E-state index in [1.807, 2.05) is 0 Å². The fourth-order valence-electron chi connectivity index (χ4n) is 2.09. The lowest BCUT2D eigenvalue weighted by atomic mass is 10.1. The zero-order valence-corrected chi connectivity index (χ0v) is 12.4. The van der Waals surface area contributed by atoms with Crippen molar-refractivity contribution in [2.75, 3.05) is 30.3 Å². The molecule has 3 N–H and O–H groups in total. The van der Waals surface area contributed by atoms with Gasteiger partial charge in [0.1, 0.15) is 12.3 Å². The fraction of sp³-hybridized carbons (Fsp3) is 0.467. The summed E-state index contributed by atoms with van der Waals surface area (Å²) in [5.74, 6) is 0.668. The van der Waals surface area contributed by atoms with E-state index in [1.165, 1.54) is 4.90 Å². The summed E-state index contributed by atoms with van der Waals surface area (Å²) in [5, 5.41) is 2.82. The first-order valence-electron chi connectivity index (χ1n) is 7.06. The number of nitrogens with two attached hydrogens (primary N) is 1. The van der Waals surface area contributed by atoms with Gasteiger partial charge in [0.25, 0.3) is 5.91 Å². The predicted molar refractivity (Wildman–Crippen MR) is 81.2 cm³/mol. The Bertz CT molecular complexity index is 543. The van der Waals surface area contributed by atoms with Crippen LogP contribution >= 0.6 is 0 Å². The number of nitrogens with one attached hydrogen (secondary N) is 1. The first-order valence-corrected chi connectivity index (χ1v) is 7.06. The molecule has 1 aromatic carbocycles. The molecule has 1 heterocycles. The minimum Gasteiger partial charge on any atom is -0.482 e. The number of nitrogen functional groups attached to an aromatic ring is 1. The molecular formula is C15H21N3O3. The molecule has 0 atom stereocenters. The number of carbonyl (C=O) groups excluding carboxylic acids is 2. The van der Waals surface area contributed by atoms with Gasteiger partial charge < -0.3 is 15.8 Å². The second kappa shape index (κ2) is 6.47. The Morgan fingerprint density at radius 3 is 2.95 bits per heavy atom. The Labute approximate surface area is 124 Å². The first-order chi connectivity index (χ1) is 9.97. The molecule has 0 saturated carbocycles. The molecular weight excluding hydrogens is 270 g/mol. The lowest BCUT2D eigenvalue weighted by molar-refractivity contribution is -0.125. The molecule has 114 valence electrons. The van der Waals surface area contributed by atoms with Crippen LogP contribution in [0.1, 0.15) is 20.3 Å². The highest BCUT2D eigenvalue weighted by atomic mass is 16.5. The van der Waals surface area contributed by atoms with Crippen molar-refractivity contribution in [3.05, 3.63) is 18.2 Å². The second-order valence-corrected chi connectivity index (χ2v) is 5.53. The monoisotopic (exact) mass is 291 g/mol. The highest BCUT2D eigenvalue weighted by molar-refractivity contribution is 6.02. The molecule has 0 unspecified atom stereocenters. The summed E-state index contributed by atoms with van der Waals surface area (Å²) in [6.45, 7) is 4.72. The van der Waals surface area contributed by atoms with E-state index < -0.39 is 0 Å². The van der Waals surface area contributed by atoms with Crippen LogP contribution in [0.2, 0.25) is 0 Å². The van der Waals surface area contributed by atoms with Crippen molar-refractivity contribution < 1.29 is 14.3 Å². The quantitative estimate of drug-likeness (QED) is 0.797. The molecule has 6 heteroatoms. The van der Waals surface area contributed by atoms with Crippen molar-refractivity contribution in [1.82, 2.24) is 5.32 Å². The van der Waals surface area contributed by atoms with Crippen LogP contribution in [0.5, 0.6) is 5.75 Å². The minimum absolute atomic E-state index is 0.0171. The number of carbonyl (C=O) groups is 2. The molecule has 0 radical (unpaired) electrons. The Morgan fingerprint density at radius 2 is 2.24 bits per heavy atom. The molecule has 0 bridgehead atoms. The summed E-state index contributed by atoms with van der Waals surface area (Å²) >= 11 is 0. The topological polar surface area (TPSA) is 84.7 Å². The van der Waals surface area contributed by atoms with Crippen LogP contribution in [0.25, 0.3) is 0 Å². The van der Waals surface area contributed by atoms with Gasteiger partial charge in [0.15, 0.2) is 6.61 Å². The molecule has 21 heavy (non-hydrogen) atoms. The van der Waals surface area contributed by atoms with Crippen LogP contribution in [-0.2, 0) is 9.59 Å². The second-order valence-electron chi connectivity index (χ2n) is 5.53. The van der Waals surface area contributed by atoms with Crippen LogP contribution in [0.4, 0.5) is 11.4 Å². The van der Waals surface area contributed by atoms with Gasteiger partial charge in [-0.1, -0.05) is 13.8 Å². The van der Waals surface area contributed by atoms with E-state index >= 15 is 0 Å². The third kappa shape index (κ3) is 3.87. The zero-order valence-electron chi connectivity index (χ0n) is 12.4. The lowest BCUT2D eigenvalue weighted by Crippen LogP contribution is -2.45. The van der Waals surface area contributed by atoms with Gasteiger partial charge in [0.05, 0.1) is 5.69 Å². The van der Waals surface area contributed by atoms with Crippen LogP contribution in [-0.4, -0.2) is 31.5 Å². The van der Waals surface area contributed by atoms with Crippen molar-refractivity contribution in [3.8, 4) is 5.75 Å². The molecule has 0 aliphatic carbocycles. The summed E-state index contributed by atoms with van der Waals surface area (Å²) in [6, 6.07) is 5.06. The molecule has 2 amide bonds. The summed E-state index contributed by atoms with van der Waals surface area (Å²) in [7, 11) is 0. The molecule has 1 aliphatic heterocycles. The lowest BCUT2D eigenvalue weighted by Gasteiger charge is -2.29. The number of rotatable bonds is 5. The van der Waals surface area contributed by atoms with Gasteiger partial charge in [0.2, 0.25) is 5.91 Å². The summed E-state index contributed by atoms with van der Waals surface area (Å²) in [4.78, 5) is 25.3. The SMILES string of the molecule is CC(C)CCNC(=O)CN1C(=O)COc2ccc(N)cc21. The van der Waals surface area contributed by atoms with E-state index in [4.69, 9.17) is 10.5 Å². The Kier molecular flexibility index (Phi) is 4.67. The average Bonchev–Trinajstić information content (AvgIpc) is 2.42. The number of benzene rings is 1. The number of fused-ring (bicyclic) bond motifs is 1. The van der Waals surface area contributed by atoms with Crippen LogP contribution < -0.4 is 20.7 Å². The largest absolute Gasteiger partial charge is 0.482 e. The molecule has 0 saturated heterocycles. The van der Waals surface area contributed by atoms with Crippen LogP contribution in [0, 0.1) is 5.92 Å². The molecule has 0 aromatic heterocycles. The summed E-state index contributed by atoms with van der Waals surface area (Å²) in [6.07, 6.45) is 0.909. The minimum atomic E-state index is -0.243. The fourth-order valence-corrected chi connectivity index (χ4v) is 2.09. The van der Waals surface area contributed by atoms with Crippen molar-refractivity contribution in [2.45, 2.75) is 20.3 Å². The van der Waals surface area contributed by atoms with E-state index in [1.54, 1.807) is 18.2 Å². The third-order valence-electron chi connectivity index (χ3n) is 3.27. The number of hydrogen-bond donors (Lipinski definition) is 2. The smallest absolute Gasteiger partial charge is 0.265 e. The predicted octanol–water partition coefficient (Wildman–Crippen LogP) is 1.16. The maximum atomic E-state index is 12.0. The van der Waals surface area contributed by atoms with Crippen molar-refractivity contribution in [1.29, 1.82) is 0 Å². The average molecular weight is 291 g/mol. The maximum absolute atomic E-state index is 12.0. The van der Waals surface area contributed by atoms with Gasteiger partial charge in [0, 0.05) is 12.2 Å². The van der Waals surface area contributed by atoms with Gasteiger partial charge in [-0.2, -0.15) is 0 Å². The van der Waals surface area contributed by atoms with Crippen molar-refractivity contribution >= 4 is 23.2 Å². The highest BCUT2D eigenvalue weighted by Crippen LogP contribution is 2.33. The number of nitrogens with zero attached hydrogens (tertiary/aromatic N) is 1. The Balaban J connectivity index is 2.04. The van der Waals surface area contributed by atoms with E-state index in [0.717, 1.165) is 6.42 Å². The van der Waals surface area contributed by atoms with Crippen molar-refractivity contribution in [2.24, 2.45) is 5.92 Å². The number of amides is 2. The molecule has 2 rings (SSSR count). The van der Waals surface area contributed by atoms with Gasteiger partial charge in [-0.25, -0.2) is 0 Å². The van der Waals surface area contributed by atoms with Crippen LogP contribution in [0.15, 0.2) is 18.2 Å². The molecule has 0 fully saturated rings. The maximum Gasteiger partial charge on any atom is 0.265 e. The van der Waals surface area contributed by atoms with Crippen LogP contribution in [0.3, 0.4) is 0 Å². The van der Waals surface area contributed by atoms with E-state index in [-0.39, 0.29) is 25.0 Å². The first kappa shape index (κ1) is 15.2. The van der Waals surface area contributed by atoms with Gasteiger partial charge >= 0.3 is 0 Å². The molecule has 6 nitrogen and oxygen atoms in total. The Hall–Kier alpha value is -2.24. The Morgan fingerprint density at radius 1 is 1.48 bits per heavy atom. The van der Waals surface area contributed by atoms with Gasteiger partial charge in [-0.3, -0.25) is 14.5 Å². The molecule has 0 spiro atoms. The van der Waals surface area contributed by atoms with Gasteiger partial charge in [-0.05, 0) is 30.5 Å². The van der Waals surface area contributed by atoms with Gasteiger partial charge in [-0.15, -0.1) is 0 Å². The molecule has 1 aromatic rings. The molecule has 1 aliphatic rings. The zero-order chi connectivity index (χ0) is 15.4. The number of hydrogen-bond acceptors (Lipinski definition) is 4. The summed E-state index contributed by atoms with van der Waals surface area (Å²) in [5.41, 5.74) is 6.81. The third-order valence-corrected chi connectivity index (χ3v) is 3.27. The standard InChI is InChI=1S/C15H21N3O3/c1-10(2)5-6-17-14(19)8-18-12-7-11(16)3-4-13(12)21-9-15(18)20/h3-4,7,10H,5-6,8-9,16H2,1-2H3,(H,17,19). The van der Waals surface area contributed by atoms with E-state index in [2.05, 4.69) is 19.2 Å².